The van der Waals surface area contributed by atoms with Gasteiger partial charge in [-0.1, -0.05) is 82.3 Å². The van der Waals surface area contributed by atoms with Gasteiger partial charge in [-0.05, 0) is 164 Å². The Morgan fingerprint density at radius 1 is 0.344 bits per heavy atom. The van der Waals surface area contributed by atoms with Crippen LogP contribution in [0, 0.1) is 5.92 Å². The fourth-order valence-corrected chi connectivity index (χ4v) is 12.5. The summed E-state index contributed by atoms with van der Waals surface area (Å²) in [6, 6.07) is 13.9. The second-order valence-electron chi connectivity index (χ2n) is 24.1. The zero-order valence-electron chi connectivity index (χ0n) is 47.2. The second kappa shape index (κ2) is 22.2. The molecule has 1 unspecified atom stereocenters. The Bertz CT molecular complexity index is 3560. The molecule has 2 aliphatic rings. The van der Waals surface area contributed by atoms with E-state index >= 15 is 92.2 Å². The van der Waals surface area contributed by atoms with E-state index in [2.05, 4.69) is 0 Å². The van der Waals surface area contributed by atoms with Crippen LogP contribution in [0.5, 0.6) is 0 Å². The number of hydrogen-bond acceptors (Lipinski definition) is 2. The Balaban J connectivity index is 0.00000960. The Labute approximate surface area is 509 Å². The van der Waals surface area contributed by atoms with Crippen LogP contribution in [-0.4, -0.2) is 27.8 Å². The highest BCUT2D eigenvalue weighted by molar-refractivity contribution is 6.09. The summed E-state index contributed by atoms with van der Waals surface area (Å²) in [7, 11) is 0. The van der Waals surface area contributed by atoms with Gasteiger partial charge >= 0.3 is 43.2 Å². The lowest BCUT2D eigenvalue weighted by Crippen LogP contribution is -3.00. The summed E-state index contributed by atoms with van der Waals surface area (Å²) in [5, 5.41) is 27.9. The lowest BCUT2D eigenvalue weighted by Gasteiger charge is -2.44. The first-order chi connectivity index (χ1) is 40.7. The van der Waals surface area contributed by atoms with E-state index in [4.69, 9.17) is 0 Å². The second-order valence-corrected chi connectivity index (χ2v) is 24.1. The van der Waals surface area contributed by atoms with E-state index in [0.29, 0.717) is 12.1 Å². The fourth-order valence-electron chi connectivity index (χ4n) is 12.5. The predicted octanol–water partition coefficient (Wildman–Crippen LogP) is 16.9. The molecule has 8 aromatic carbocycles. The maximum Gasteiger partial charge on any atom is 0.416 e. The molecule has 90 heavy (non-hydrogen) atoms. The Kier molecular flexibility index (Phi) is 16.7. The number of benzene rings is 8. The normalized spacial score (nSPS) is 18.1. The molecule has 25 heteroatoms. The molecule has 0 saturated carbocycles. The van der Waals surface area contributed by atoms with Crippen LogP contribution in [0.4, 0.5) is 92.2 Å². The molecule has 0 aromatic heterocycles. The summed E-state index contributed by atoms with van der Waals surface area (Å²) < 4.78 is 317. The third kappa shape index (κ3) is 12.4. The van der Waals surface area contributed by atoms with Gasteiger partial charge in [0.25, 0.3) is 0 Å². The molecule has 480 valence electrons. The minimum Gasteiger partial charge on any atom is -1.00 e. The van der Waals surface area contributed by atoms with Crippen LogP contribution in [0.25, 0.3) is 32.7 Å². The molecule has 1 spiro atoms. The average molecular weight is 1350 g/mol. The van der Waals surface area contributed by atoms with E-state index in [1.54, 1.807) is 6.92 Å². The standard InChI is InChI=1S/C65H49F21NO2.BrH/c1-33-13-15-87(16-14-33)31-50-52(57(88,37-19-36(56(2,3)4)20-41(21-37)59(66,67)68)38-22-42(60(69,70)71)28-43(23-38)61(72,73)74)17-34-9-5-7-11-48(34)54(50)55-49-12-8-6-10-35(49)18-53(51(55)32-87)58(89,39-24-44(62(75,76)77)29-45(25-39)63(78,79)80)40-26-46(64(81,82)83)30-47(27-40)65(84,85)86;/h5-12,17-30,33,88-89H,13-16,31-32H2,1-4H3;1H/q+1;/p-1. The molecular weight excluding hydrogens is 1310 g/mol. The minimum atomic E-state index is -5.76. The van der Waals surface area contributed by atoms with Gasteiger partial charge in [0.1, 0.15) is 24.3 Å². The van der Waals surface area contributed by atoms with Crippen molar-refractivity contribution in [3.05, 3.63) is 222 Å². The third-order valence-corrected chi connectivity index (χ3v) is 17.1. The zero-order chi connectivity index (χ0) is 65.6. The van der Waals surface area contributed by atoms with Crippen LogP contribution in [-0.2, 0) is 72.9 Å². The number of aliphatic hydroxyl groups is 2. The molecule has 0 aliphatic carbocycles. The van der Waals surface area contributed by atoms with Crippen molar-refractivity contribution in [1.29, 1.82) is 0 Å². The van der Waals surface area contributed by atoms with Crippen molar-refractivity contribution in [2.24, 2.45) is 5.92 Å². The molecule has 3 nitrogen and oxygen atoms in total. The molecule has 0 bridgehead atoms. The van der Waals surface area contributed by atoms with Crippen LogP contribution in [0.3, 0.4) is 0 Å². The largest absolute Gasteiger partial charge is 1.00 e. The maximum atomic E-state index is 15.4. The van der Waals surface area contributed by atoms with Crippen molar-refractivity contribution < 1.29 is 124 Å². The van der Waals surface area contributed by atoms with Gasteiger partial charge in [-0.2, -0.15) is 92.2 Å². The number of alkyl halides is 21. The Morgan fingerprint density at radius 3 is 0.833 bits per heavy atom. The number of rotatable bonds is 6. The topological polar surface area (TPSA) is 40.5 Å². The summed E-state index contributed by atoms with van der Waals surface area (Å²) >= 11 is 0. The molecule has 0 radical (unpaired) electrons. The van der Waals surface area contributed by atoms with E-state index in [1.165, 1.54) is 69.3 Å². The molecule has 2 heterocycles. The van der Waals surface area contributed by atoms with Crippen molar-refractivity contribution in [2.45, 2.75) is 113 Å². The van der Waals surface area contributed by atoms with Gasteiger partial charge < -0.3 is 31.7 Å². The van der Waals surface area contributed by atoms with Gasteiger partial charge in [0.2, 0.25) is 0 Å². The monoisotopic (exact) mass is 1350 g/mol. The first-order valence-electron chi connectivity index (χ1n) is 27.3. The molecular formula is C65H49BrF21NO2. The summed E-state index contributed by atoms with van der Waals surface area (Å²) in [6.45, 7) is 4.77. The van der Waals surface area contributed by atoms with Crippen molar-refractivity contribution in [3.63, 3.8) is 0 Å². The number of quaternary nitrogens is 1. The average Bonchev–Trinajstić information content (AvgIpc) is 1.26. The SMILES string of the molecule is CC1CC[N+]2(CC1)Cc1c(C(O)(c3cc(C(C)(C)C)cc(C(F)(F)F)c3)c3cc(C(F)(F)F)cc(C(F)(F)F)c3)cc3ccccc3c1-c1c(c(C(O)(c3cc(C(F)(F)F)cc(C(F)(F)F)c3)c3cc(C(F)(F)F)cc(C(F)(F)F)c3)cc3ccccc13)C2.[Br-]. The van der Waals surface area contributed by atoms with Crippen LogP contribution < -0.4 is 17.0 Å². The zero-order valence-corrected chi connectivity index (χ0v) is 48.8. The van der Waals surface area contributed by atoms with E-state index in [9.17, 15) is 10.2 Å². The molecule has 0 amide bonds. The number of nitrogens with zero attached hydrogens (tertiary/aromatic N) is 1. The predicted molar refractivity (Wildman–Crippen MR) is 286 cm³/mol. The lowest BCUT2D eigenvalue weighted by molar-refractivity contribution is -0.958. The summed E-state index contributed by atoms with van der Waals surface area (Å²) in [5.74, 6) is -0.175. The Hall–Kier alpha value is -6.83. The molecule has 8 aromatic rings. The van der Waals surface area contributed by atoms with E-state index < -0.39 is 162 Å². The minimum absolute atomic E-state index is 0. The highest BCUT2D eigenvalue weighted by atomic mass is 79.9. The van der Waals surface area contributed by atoms with Gasteiger partial charge in [0.15, 0.2) is 0 Å². The van der Waals surface area contributed by atoms with Gasteiger partial charge in [0, 0.05) is 22.3 Å². The van der Waals surface area contributed by atoms with Crippen LogP contribution in [0.2, 0.25) is 0 Å². The van der Waals surface area contributed by atoms with Gasteiger partial charge in [-0.25, -0.2) is 0 Å². The van der Waals surface area contributed by atoms with Gasteiger partial charge in [-0.3, -0.25) is 0 Å². The quantitative estimate of drug-likeness (QED) is 0.0990. The third-order valence-electron chi connectivity index (χ3n) is 17.1. The number of fused-ring (bicyclic) bond motifs is 7. The van der Waals surface area contributed by atoms with Crippen LogP contribution >= 0.6 is 0 Å². The molecule has 1 saturated heterocycles. The summed E-state index contributed by atoms with van der Waals surface area (Å²) in [4.78, 5) is 0. The fraction of sp³-hybridized carbons (Fsp3) is 0.323. The lowest BCUT2D eigenvalue weighted by atomic mass is 9.71. The first kappa shape index (κ1) is 67.6. The highest BCUT2D eigenvalue weighted by Gasteiger charge is 2.52. The van der Waals surface area contributed by atoms with Crippen molar-refractivity contribution in [2.75, 3.05) is 13.1 Å². The first-order valence-corrected chi connectivity index (χ1v) is 27.3. The molecule has 1 atom stereocenters. The molecule has 1 fully saturated rings. The van der Waals surface area contributed by atoms with Gasteiger partial charge in [-0.15, -0.1) is 0 Å². The highest BCUT2D eigenvalue weighted by Crippen LogP contribution is 2.56. The van der Waals surface area contributed by atoms with E-state index in [0.717, 1.165) is 18.2 Å². The number of halogens is 22. The van der Waals surface area contributed by atoms with Crippen molar-refractivity contribution >= 4 is 21.5 Å². The maximum absolute atomic E-state index is 15.4. The van der Waals surface area contributed by atoms with Gasteiger partial charge in [0.05, 0.1) is 52.0 Å². The summed E-state index contributed by atoms with van der Waals surface area (Å²) in [6.07, 6.45) is -39.3. The molecule has 10 rings (SSSR count). The van der Waals surface area contributed by atoms with E-state index in [1.807, 2.05) is 0 Å². The Morgan fingerprint density at radius 2 is 0.578 bits per heavy atom. The van der Waals surface area contributed by atoms with Crippen LogP contribution in [0.1, 0.15) is 130 Å². The van der Waals surface area contributed by atoms with E-state index in [-0.39, 0.29) is 141 Å². The number of piperidine rings is 1. The number of hydrogen-bond donors (Lipinski definition) is 2. The van der Waals surface area contributed by atoms with Crippen molar-refractivity contribution in [1.82, 2.24) is 0 Å². The van der Waals surface area contributed by atoms with Crippen LogP contribution in [0.15, 0.2) is 133 Å². The molecule has 2 aliphatic heterocycles. The summed E-state index contributed by atoms with van der Waals surface area (Å²) in [5.41, 5.74) is -31.3. The molecule has 2 N–H and O–H groups in total. The van der Waals surface area contributed by atoms with Crippen molar-refractivity contribution in [3.8, 4) is 11.1 Å². The smallest absolute Gasteiger partial charge is 0.416 e.